The Kier molecular flexibility index (Phi) is 4.34. The predicted molar refractivity (Wildman–Crippen MR) is 77.0 cm³/mol. The van der Waals surface area contributed by atoms with E-state index in [0.717, 1.165) is 40.5 Å². The van der Waals surface area contributed by atoms with Crippen LogP contribution >= 0.6 is 11.6 Å². The van der Waals surface area contributed by atoms with Gasteiger partial charge < -0.3 is 5.11 Å². The lowest BCUT2D eigenvalue weighted by Crippen LogP contribution is -2.20. The highest BCUT2D eigenvalue weighted by atomic mass is 35.5. The molecule has 0 amide bonds. The summed E-state index contributed by atoms with van der Waals surface area (Å²) >= 11 is 6.11. The molecule has 0 bridgehead atoms. The van der Waals surface area contributed by atoms with Gasteiger partial charge in [0.25, 0.3) is 0 Å². The van der Waals surface area contributed by atoms with Gasteiger partial charge in [-0.2, -0.15) is 0 Å². The maximum Gasteiger partial charge on any atom is 0.0820 e. The van der Waals surface area contributed by atoms with E-state index >= 15 is 0 Å². The first-order valence-electron chi connectivity index (χ1n) is 6.93. The summed E-state index contributed by atoms with van der Waals surface area (Å²) in [7, 11) is 0. The Morgan fingerprint density at radius 2 is 1.72 bits per heavy atom. The van der Waals surface area contributed by atoms with Gasteiger partial charge in [0, 0.05) is 5.02 Å². The van der Waals surface area contributed by atoms with Crippen LogP contribution in [-0.4, -0.2) is 5.11 Å². The van der Waals surface area contributed by atoms with Crippen molar-refractivity contribution in [2.24, 2.45) is 11.8 Å². The third-order valence-corrected chi connectivity index (χ3v) is 4.78. The molecule has 2 heteroatoms. The topological polar surface area (TPSA) is 20.2 Å². The summed E-state index contributed by atoms with van der Waals surface area (Å²) in [5, 5.41) is 11.4. The van der Waals surface area contributed by atoms with Crippen molar-refractivity contribution in [3.05, 3.63) is 33.8 Å². The summed E-state index contributed by atoms with van der Waals surface area (Å²) < 4.78 is 0. The van der Waals surface area contributed by atoms with E-state index in [4.69, 9.17) is 11.6 Å². The van der Waals surface area contributed by atoms with E-state index in [2.05, 4.69) is 13.0 Å². The van der Waals surface area contributed by atoms with E-state index < -0.39 is 0 Å². The maximum atomic E-state index is 10.6. The lowest BCUT2D eigenvalue weighted by atomic mass is 9.78. The molecular weight excluding hydrogens is 244 g/mol. The van der Waals surface area contributed by atoms with E-state index in [1.165, 1.54) is 12.8 Å². The van der Waals surface area contributed by atoms with E-state index in [1.54, 1.807) is 0 Å². The Morgan fingerprint density at radius 1 is 1.11 bits per heavy atom. The molecule has 2 rings (SSSR count). The molecule has 0 aliphatic heterocycles. The zero-order valence-corrected chi connectivity index (χ0v) is 12.3. The summed E-state index contributed by atoms with van der Waals surface area (Å²) in [5.74, 6) is 1.24. The molecule has 0 aromatic heterocycles. The van der Waals surface area contributed by atoms with Crippen LogP contribution in [0.25, 0.3) is 0 Å². The fourth-order valence-corrected chi connectivity index (χ4v) is 3.20. The molecule has 1 fully saturated rings. The first kappa shape index (κ1) is 13.9. The van der Waals surface area contributed by atoms with Gasteiger partial charge in [0.2, 0.25) is 0 Å². The van der Waals surface area contributed by atoms with Crippen LogP contribution < -0.4 is 0 Å². The highest BCUT2D eigenvalue weighted by Gasteiger charge is 2.26. The van der Waals surface area contributed by atoms with Gasteiger partial charge in [-0.3, -0.25) is 0 Å². The zero-order valence-electron chi connectivity index (χ0n) is 11.5. The highest BCUT2D eigenvalue weighted by molar-refractivity contribution is 6.31. The van der Waals surface area contributed by atoms with E-state index in [0.29, 0.717) is 5.92 Å². The van der Waals surface area contributed by atoms with Crippen LogP contribution in [0.1, 0.15) is 55.4 Å². The maximum absolute atomic E-state index is 10.6. The van der Waals surface area contributed by atoms with Crippen LogP contribution in [0.2, 0.25) is 5.02 Å². The van der Waals surface area contributed by atoms with E-state index in [1.807, 2.05) is 19.9 Å². The van der Waals surface area contributed by atoms with Crippen molar-refractivity contribution in [2.45, 2.75) is 52.6 Å². The summed E-state index contributed by atoms with van der Waals surface area (Å²) in [6.45, 7) is 6.34. The molecule has 0 heterocycles. The number of halogens is 1. The fraction of sp³-hybridized carbons (Fsp3) is 0.625. The van der Waals surface area contributed by atoms with E-state index in [-0.39, 0.29) is 6.10 Å². The van der Waals surface area contributed by atoms with Gasteiger partial charge in [-0.25, -0.2) is 0 Å². The minimum Gasteiger partial charge on any atom is -0.388 e. The Morgan fingerprint density at radius 3 is 2.33 bits per heavy atom. The Labute approximate surface area is 115 Å². The second-order valence-electron chi connectivity index (χ2n) is 5.92. The molecule has 1 nitrogen and oxygen atoms in total. The number of aliphatic hydroxyl groups is 1. The van der Waals surface area contributed by atoms with Crippen molar-refractivity contribution in [1.29, 1.82) is 0 Å². The third kappa shape index (κ3) is 2.89. The first-order chi connectivity index (χ1) is 8.49. The second kappa shape index (κ2) is 5.63. The van der Waals surface area contributed by atoms with Crippen molar-refractivity contribution < 1.29 is 5.11 Å². The lowest BCUT2D eigenvalue weighted by Gasteiger charge is -2.31. The largest absolute Gasteiger partial charge is 0.388 e. The summed E-state index contributed by atoms with van der Waals surface area (Å²) in [6.07, 6.45) is 4.45. The molecule has 1 aromatic rings. The lowest BCUT2D eigenvalue weighted by molar-refractivity contribution is 0.0750. The number of benzene rings is 1. The quantitative estimate of drug-likeness (QED) is 0.814. The monoisotopic (exact) mass is 266 g/mol. The second-order valence-corrected chi connectivity index (χ2v) is 6.33. The smallest absolute Gasteiger partial charge is 0.0820 e. The standard InChI is InChI=1S/C16H23ClO/c1-10-4-6-13(7-5-10)16(18)14-8-12(3)15(17)9-11(14)2/h8-10,13,16,18H,4-7H2,1-3H3. The highest BCUT2D eigenvalue weighted by Crippen LogP contribution is 2.38. The van der Waals surface area contributed by atoms with Crippen LogP contribution in [0, 0.1) is 25.7 Å². The van der Waals surface area contributed by atoms with Crippen molar-refractivity contribution in [1.82, 2.24) is 0 Å². The average molecular weight is 267 g/mol. The number of aryl methyl sites for hydroxylation is 2. The summed E-state index contributed by atoms with van der Waals surface area (Å²) in [6, 6.07) is 4.03. The van der Waals surface area contributed by atoms with Crippen molar-refractivity contribution in [2.75, 3.05) is 0 Å². The van der Waals surface area contributed by atoms with Crippen LogP contribution in [0.3, 0.4) is 0 Å². The normalized spacial score (nSPS) is 26.1. The molecule has 0 spiro atoms. The molecule has 1 atom stereocenters. The van der Waals surface area contributed by atoms with Crippen LogP contribution in [0.5, 0.6) is 0 Å². The van der Waals surface area contributed by atoms with Gasteiger partial charge in [0.1, 0.15) is 0 Å². The molecule has 1 aliphatic rings. The molecule has 100 valence electrons. The van der Waals surface area contributed by atoms with E-state index in [9.17, 15) is 5.11 Å². The van der Waals surface area contributed by atoms with Crippen LogP contribution in [0.15, 0.2) is 12.1 Å². The minimum absolute atomic E-state index is 0.325. The van der Waals surface area contributed by atoms with Crippen LogP contribution in [0.4, 0.5) is 0 Å². The Balaban J connectivity index is 2.18. The van der Waals surface area contributed by atoms with Gasteiger partial charge in [-0.1, -0.05) is 37.4 Å². The molecule has 1 unspecified atom stereocenters. The summed E-state index contributed by atoms with van der Waals surface area (Å²) in [5.41, 5.74) is 3.23. The molecular formula is C16H23ClO. The van der Waals surface area contributed by atoms with Gasteiger partial charge in [-0.15, -0.1) is 0 Å². The number of hydrogen-bond donors (Lipinski definition) is 1. The Bertz CT molecular complexity index is 419. The molecule has 1 saturated carbocycles. The molecule has 1 aromatic carbocycles. The predicted octanol–water partition coefficient (Wildman–Crippen LogP) is 4.82. The molecule has 0 radical (unpaired) electrons. The molecule has 1 N–H and O–H groups in total. The van der Waals surface area contributed by atoms with Gasteiger partial charge >= 0.3 is 0 Å². The third-order valence-electron chi connectivity index (χ3n) is 4.37. The van der Waals surface area contributed by atoms with Crippen molar-refractivity contribution >= 4 is 11.6 Å². The Hall–Kier alpha value is -0.530. The average Bonchev–Trinajstić information content (AvgIpc) is 2.34. The number of aliphatic hydroxyl groups excluding tert-OH is 1. The number of hydrogen-bond acceptors (Lipinski definition) is 1. The SMILES string of the molecule is Cc1cc(C(O)C2CCC(C)CC2)c(C)cc1Cl. The van der Waals surface area contributed by atoms with Crippen LogP contribution in [-0.2, 0) is 0 Å². The van der Waals surface area contributed by atoms with Gasteiger partial charge in [0.15, 0.2) is 0 Å². The first-order valence-corrected chi connectivity index (χ1v) is 7.31. The number of rotatable bonds is 2. The fourth-order valence-electron chi connectivity index (χ4n) is 2.98. The molecule has 1 aliphatic carbocycles. The minimum atomic E-state index is -0.325. The van der Waals surface area contributed by atoms with Gasteiger partial charge in [0.05, 0.1) is 6.10 Å². The zero-order chi connectivity index (χ0) is 13.3. The molecule has 0 saturated heterocycles. The summed E-state index contributed by atoms with van der Waals surface area (Å²) in [4.78, 5) is 0. The van der Waals surface area contributed by atoms with Gasteiger partial charge in [-0.05, 0) is 61.3 Å². The van der Waals surface area contributed by atoms with Crippen molar-refractivity contribution in [3.8, 4) is 0 Å². The molecule has 18 heavy (non-hydrogen) atoms. The van der Waals surface area contributed by atoms with Crippen molar-refractivity contribution in [3.63, 3.8) is 0 Å².